The van der Waals surface area contributed by atoms with Crippen molar-refractivity contribution in [2.45, 2.75) is 19.4 Å². The van der Waals surface area contributed by atoms with Gasteiger partial charge in [0.1, 0.15) is 0 Å². The second kappa shape index (κ2) is 4.82. The molecule has 0 bridgehead atoms. The number of nitrogens with zero attached hydrogens (tertiary/aromatic N) is 2. The zero-order valence-corrected chi connectivity index (χ0v) is 8.33. The predicted octanol–water partition coefficient (Wildman–Crippen LogP) is 1.13. The first-order valence-electron chi connectivity index (χ1n) is 4.57. The normalized spacial score (nSPS) is 12.8. The Morgan fingerprint density at radius 3 is 3.08 bits per heavy atom. The number of hydrogen-bond acceptors (Lipinski definition) is 2. The van der Waals surface area contributed by atoms with E-state index in [-0.39, 0.29) is 0 Å². The Bertz CT molecular complexity index is 265. The van der Waals surface area contributed by atoms with Gasteiger partial charge < -0.3 is 5.32 Å². The van der Waals surface area contributed by atoms with Gasteiger partial charge in [0, 0.05) is 37.9 Å². The summed E-state index contributed by atoms with van der Waals surface area (Å²) >= 11 is 0. The van der Waals surface area contributed by atoms with Crippen molar-refractivity contribution < 1.29 is 0 Å². The Hall–Kier alpha value is -1.09. The maximum Gasteiger partial charge on any atom is 0.0492 e. The fourth-order valence-electron chi connectivity index (χ4n) is 1.16. The zero-order valence-electron chi connectivity index (χ0n) is 8.33. The van der Waals surface area contributed by atoms with Crippen LogP contribution >= 0.6 is 0 Å². The molecule has 1 heterocycles. The van der Waals surface area contributed by atoms with Gasteiger partial charge in [0.15, 0.2) is 0 Å². The van der Waals surface area contributed by atoms with Crippen LogP contribution in [0.4, 0.5) is 0 Å². The third-order valence-corrected chi connectivity index (χ3v) is 2.12. The second-order valence-electron chi connectivity index (χ2n) is 3.17. The van der Waals surface area contributed by atoms with E-state index in [4.69, 9.17) is 0 Å². The maximum atomic E-state index is 4.10. The number of hydrogen-bond donors (Lipinski definition) is 1. The van der Waals surface area contributed by atoms with Crippen LogP contribution < -0.4 is 5.32 Å². The molecular weight excluding hydrogens is 162 g/mol. The van der Waals surface area contributed by atoms with Crippen molar-refractivity contribution in [3.8, 4) is 0 Å². The van der Waals surface area contributed by atoms with Gasteiger partial charge in [-0.05, 0) is 13.0 Å². The van der Waals surface area contributed by atoms with Gasteiger partial charge >= 0.3 is 0 Å². The number of aryl methyl sites for hydroxylation is 1. The van der Waals surface area contributed by atoms with E-state index in [1.807, 2.05) is 30.1 Å². The Morgan fingerprint density at radius 2 is 2.54 bits per heavy atom. The van der Waals surface area contributed by atoms with Crippen LogP contribution in [-0.2, 0) is 13.5 Å². The quantitative estimate of drug-likeness (QED) is 0.687. The van der Waals surface area contributed by atoms with Crippen molar-refractivity contribution in [2.75, 3.05) is 6.54 Å². The van der Waals surface area contributed by atoms with Crippen LogP contribution in [0.25, 0.3) is 0 Å². The summed E-state index contributed by atoms with van der Waals surface area (Å²) in [4.78, 5) is 0. The molecule has 0 saturated carbocycles. The minimum Gasteiger partial charge on any atom is -0.310 e. The molecule has 0 radical (unpaired) electrons. The Balaban J connectivity index is 2.27. The monoisotopic (exact) mass is 179 g/mol. The summed E-state index contributed by atoms with van der Waals surface area (Å²) in [7, 11) is 1.96. The van der Waals surface area contributed by atoms with Crippen LogP contribution in [-0.4, -0.2) is 22.4 Å². The predicted molar refractivity (Wildman–Crippen MR) is 54.6 cm³/mol. The van der Waals surface area contributed by atoms with E-state index < -0.39 is 0 Å². The molecule has 72 valence electrons. The van der Waals surface area contributed by atoms with Gasteiger partial charge in [0.2, 0.25) is 0 Å². The summed E-state index contributed by atoms with van der Waals surface area (Å²) < 4.78 is 1.90. The topological polar surface area (TPSA) is 29.9 Å². The molecule has 1 unspecified atom stereocenters. The Morgan fingerprint density at radius 1 is 1.77 bits per heavy atom. The molecule has 0 aliphatic rings. The second-order valence-corrected chi connectivity index (χ2v) is 3.17. The van der Waals surface area contributed by atoms with E-state index in [1.165, 1.54) is 5.69 Å². The van der Waals surface area contributed by atoms with Crippen molar-refractivity contribution in [1.82, 2.24) is 15.1 Å². The van der Waals surface area contributed by atoms with Gasteiger partial charge in [-0.2, -0.15) is 5.10 Å². The molecule has 1 atom stereocenters. The van der Waals surface area contributed by atoms with E-state index in [1.54, 1.807) is 0 Å². The third kappa shape index (κ3) is 3.03. The minimum atomic E-state index is 0.383. The molecule has 1 aromatic heterocycles. The van der Waals surface area contributed by atoms with Crippen molar-refractivity contribution in [2.24, 2.45) is 7.05 Å². The fraction of sp³-hybridized carbons (Fsp3) is 0.500. The molecule has 1 aromatic rings. The average Bonchev–Trinajstić information content (AvgIpc) is 2.52. The maximum absolute atomic E-state index is 4.10. The first-order chi connectivity index (χ1) is 6.24. The lowest BCUT2D eigenvalue weighted by Gasteiger charge is -2.08. The molecule has 0 amide bonds. The van der Waals surface area contributed by atoms with Crippen LogP contribution in [0.3, 0.4) is 0 Å². The highest BCUT2D eigenvalue weighted by atomic mass is 15.3. The van der Waals surface area contributed by atoms with Gasteiger partial charge in [-0.15, -0.1) is 6.58 Å². The average molecular weight is 179 g/mol. The smallest absolute Gasteiger partial charge is 0.0492 e. The molecule has 1 rings (SSSR count). The summed E-state index contributed by atoms with van der Waals surface area (Å²) in [6.45, 7) is 6.77. The third-order valence-electron chi connectivity index (χ3n) is 2.12. The Kier molecular flexibility index (Phi) is 3.71. The van der Waals surface area contributed by atoms with Crippen molar-refractivity contribution >= 4 is 0 Å². The Labute approximate surface area is 79.5 Å². The summed E-state index contributed by atoms with van der Waals surface area (Å²) in [5.41, 5.74) is 1.25. The van der Waals surface area contributed by atoms with Crippen molar-refractivity contribution in [3.63, 3.8) is 0 Å². The van der Waals surface area contributed by atoms with Crippen LogP contribution in [0.15, 0.2) is 24.9 Å². The van der Waals surface area contributed by atoms with Crippen LogP contribution in [0, 0.1) is 0 Å². The molecule has 1 N–H and O–H groups in total. The van der Waals surface area contributed by atoms with Crippen LogP contribution in [0.2, 0.25) is 0 Å². The summed E-state index contributed by atoms with van der Waals surface area (Å²) in [5.74, 6) is 0. The lowest BCUT2D eigenvalue weighted by atomic mass is 10.3. The molecule has 3 heteroatoms. The summed E-state index contributed by atoms with van der Waals surface area (Å²) in [6.07, 6.45) is 4.74. The van der Waals surface area contributed by atoms with Gasteiger partial charge in [0.05, 0.1) is 0 Å². The van der Waals surface area contributed by atoms with Crippen LogP contribution in [0.5, 0.6) is 0 Å². The van der Waals surface area contributed by atoms with Gasteiger partial charge in [-0.1, -0.05) is 6.08 Å². The van der Waals surface area contributed by atoms with E-state index in [9.17, 15) is 0 Å². The molecule has 0 saturated heterocycles. The fourth-order valence-corrected chi connectivity index (χ4v) is 1.16. The zero-order chi connectivity index (χ0) is 9.68. The van der Waals surface area contributed by atoms with Crippen LogP contribution in [0.1, 0.15) is 12.6 Å². The van der Waals surface area contributed by atoms with E-state index in [0.29, 0.717) is 6.04 Å². The van der Waals surface area contributed by atoms with Gasteiger partial charge in [-0.25, -0.2) is 0 Å². The number of aromatic nitrogens is 2. The molecule has 3 nitrogen and oxygen atoms in total. The highest BCUT2D eigenvalue weighted by Gasteiger charge is 1.98. The largest absolute Gasteiger partial charge is 0.310 e. The lowest BCUT2D eigenvalue weighted by Crippen LogP contribution is -2.26. The van der Waals surface area contributed by atoms with Crippen molar-refractivity contribution in [3.05, 3.63) is 30.6 Å². The minimum absolute atomic E-state index is 0.383. The summed E-state index contributed by atoms with van der Waals surface area (Å²) in [6, 6.07) is 2.42. The van der Waals surface area contributed by atoms with Gasteiger partial charge in [0.25, 0.3) is 0 Å². The molecule has 0 aromatic carbocycles. The van der Waals surface area contributed by atoms with Gasteiger partial charge in [-0.3, -0.25) is 4.68 Å². The highest BCUT2D eigenvalue weighted by molar-refractivity contribution is 5.00. The lowest BCUT2D eigenvalue weighted by molar-refractivity contribution is 0.609. The first-order valence-corrected chi connectivity index (χ1v) is 4.57. The molecular formula is C10H17N3. The summed E-state index contributed by atoms with van der Waals surface area (Å²) in [5, 5.41) is 7.44. The van der Waals surface area contributed by atoms with E-state index >= 15 is 0 Å². The van der Waals surface area contributed by atoms with E-state index in [0.717, 1.165) is 13.0 Å². The number of rotatable bonds is 5. The molecule has 0 spiro atoms. The number of nitrogens with one attached hydrogen (secondary N) is 1. The van der Waals surface area contributed by atoms with E-state index in [2.05, 4.69) is 23.9 Å². The molecule has 0 fully saturated rings. The first kappa shape index (κ1) is 9.99. The molecule has 0 aliphatic carbocycles. The van der Waals surface area contributed by atoms with Crippen molar-refractivity contribution in [1.29, 1.82) is 0 Å². The standard InChI is InChI=1S/C10H17N3/c1-4-9(2)11-7-5-10-6-8-12-13(10)3/h4,6,8-9,11H,1,5,7H2,2-3H3. The molecule has 0 aliphatic heterocycles. The highest BCUT2D eigenvalue weighted by Crippen LogP contribution is 1.96. The molecule has 13 heavy (non-hydrogen) atoms. The SMILES string of the molecule is C=CC(C)NCCc1ccnn1C.